The van der Waals surface area contributed by atoms with E-state index >= 15 is 0 Å². The smallest absolute Gasteiger partial charge is 0.224 e. The van der Waals surface area contributed by atoms with Crippen molar-refractivity contribution in [3.63, 3.8) is 0 Å². The Hall–Kier alpha value is -1.97. The predicted molar refractivity (Wildman–Crippen MR) is 95.2 cm³/mol. The van der Waals surface area contributed by atoms with Crippen LogP contribution in [0.4, 0.5) is 0 Å². The monoisotopic (exact) mass is 352 g/mol. The highest BCUT2D eigenvalue weighted by atomic mass is 16.3. The van der Waals surface area contributed by atoms with Gasteiger partial charge >= 0.3 is 0 Å². The second-order valence-electron chi connectivity index (χ2n) is 9.13. The van der Waals surface area contributed by atoms with Gasteiger partial charge in [-0.05, 0) is 50.4 Å². The van der Waals surface area contributed by atoms with Crippen molar-refractivity contribution in [2.45, 2.75) is 64.7 Å². The average molecular weight is 352 g/mol. The van der Waals surface area contributed by atoms with Crippen LogP contribution in [0.2, 0.25) is 0 Å². The number of Topliss-reactive ketones (excluding diaryl/α,β-unsaturated/α-hetero) is 3. The molecule has 4 aliphatic rings. The summed E-state index contributed by atoms with van der Waals surface area (Å²) in [4.78, 5) is 38.0. The van der Waals surface area contributed by atoms with E-state index in [-0.39, 0.29) is 40.0 Å². The van der Waals surface area contributed by atoms with Crippen LogP contribution in [-0.2, 0) is 10.2 Å². The van der Waals surface area contributed by atoms with E-state index in [9.17, 15) is 14.4 Å². The highest BCUT2D eigenvalue weighted by Gasteiger charge is 2.58. The van der Waals surface area contributed by atoms with Crippen molar-refractivity contribution >= 4 is 17.3 Å². The van der Waals surface area contributed by atoms with Gasteiger partial charge in [-0.25, -0.2) is 0 Å². The van der Waals surface area contributed by atoms with Crippen molar-refractivity contribution in [1.29, 1.82) is 0 Å². The van der Waals surface area contributed by atoms with Crippen molar-refractivity contribution < 1.29 is 18.8 Å². The molecule has 4 atom stereocenters. The summed E-state index contributed by atoms with van der Waals surface area (Å²) in [5, 5.41) is 0. The van der Waals surface area contributed by atoms with Crippen molar-refractivity contribution in [3.05, 3.63) is 34.3 Å². The molecule has 0 saturated heterocycles. The first-order chi connectivity index (χ1) is 12.3. The molecule has 1 aromatic rings. The Labute approximate surface area is 153 Å². The Morgan fingerprint density at radius 3 is 2.65 bits per heavy atom. The fourth-order valence-corrected chi connectivity index (χ4v) is 6.66. The lowest BCUT2D eigenvalue weighted by atomic mass is 9.53. The van der Waals surface area contributed by atoms with Gasteiger partial charge in [0.25, 0.3) is 0 Å². The molecule has 4 aliphatic carbocycles. The van der Waals surface area contributed by atoms with Crippen LogP contribution in [0.5, 0.6) is 0 Å². The van der Waals surface area contributed by atoms with Gasteiger partial charge in [0.1, 0.15) is 12.0 Å². The average Bonchev–Trinajstić information content (AvgIpc) is 3.18. The Balaban J connectivity index is 1.72. The van der Waals surface area contributed by atoms with Gasteiger partial charge in [0, 0.05) is 28.9 Å². The van der Waals surface area contributed by atoms with E-state index in [1.807, 2.05) is 0 Å². The third-order valence-electron chi connectivity index (χ3n) is 8.03. The zero-order chi connectivity index (χ0) is 18.4. The van der Waals surface area contributed by atoms with E-state index in [1.165, 1.54) is 11.8 Å². The van der Waals surface area contributed by atoms with Crippen LogP contribution in [-0.4, -0.2) is 17.3 Å². The van der Waals surface area contributed by atoms with Crippen molar-refractivity contribution in [2.75, 3.05) is 0 Å². The molecule has 1 fully saturated rings. The molecule has 0 radical (unpaired) electrons. The van der Waals surface area contributed by atoms with E-state index in [2.05, 4.69) is 13.8 Å². The molecule has 0 N–H and O–H groups in total. The van der Waals surface area contributed by atoms with Gasteiger partial charge in [-0.2, -0.15) is 0 Å². The molecule has 4 heteroatoms. The van der Waals surface area contributed by atoms with Gasteiger partial charge in [0.05, 0.1) is 5.56 Å². The van der Waals surface area contributed by atoms with Crippen LogP contribution in [0.3, 0.4) is 0 Å². The fourth-order valence-electron chi connectivity index (χ4n) is 6.66. The van der Waals surface area contributed by atoms with Crippen LogP contribution in [0.25, 0.3) is 0 Å². The van der Waals surface area contributed by atoms with Crippen LogP contribution in [0.1, 0.15) is 85.8 Å². The second kappa shape index (κ2) is 4.85. The molecule has 1 saturated carbocycles. The maximum Gasteiger partial charge on any atom is 0.224 e. The van der Waals surface area contributed by atoms with Crippen LogP contribution in [0.15, 0.2) is 21.8 Å². The molecule has 1 aromatic heterocycles. The molecule has 0 unspecified atom stereocenters. The van der Waals surface area contributed by atoms with Crippen LogP contribution < -0.4 is 0 Å². The van der Waals surface area contributed by atoms with Gasteiger partial charge in [0.15, 0.2) is 11.5 Å². The molecule has 0 aliphatic heterocycles. The Kier molecular flexibility index (Phi) is 3.02. The van der Waals surface area contributed by atoms with Gasteiger partial charge in [-0.15, -0.1) is 0 Å². The number of furan rings is 1. The summed E-state index contributed by atoms with van der Waals surface area (Å²) < 4.78 is 5.67. The maximum absolute atomic E-state index is 13.4. The lowest BCUT2D eigenvalue weighted by Crippen LogP contribution is -2.45. The highest BCUT2D eigenvalue weighted by molar-refractivity contribution is 6.14. The van der Waals surface area contributed by atoms with E-state index in [4.69, 9.17) is 4.42 Å². The largest absolute Gasteiger partial charge is 0.460 e. The van der Waals surface area contributed by atoms with Crippen molar-refractivity contribution in [2.24, 2.45) is 17.3 Å². The quantitative estimate of drug-likeness (QED) is 0.750. The third kappa shape index (κ3) is 1.69. The number of hydrogen-bond acceptors (Lipinski definition) is 4. The number of hydrogen-bond donors (Lipinski definition) is 0. The number of ketones is 3. The number of carbonyl (C=O) groups excluding carboxylic acids is 3. The Bertz CT molecular complexity index is 917. The summed E-state index contributed by atoms with van der Waals surface area (Å²) >= 11 is 0. The molecule has 136 valence electrons. The predicted octanol–water partition coefficient (Wildman–Crippen LogP) is 4.42. The summed E-state index contributed by atoms with van der Waals surface area (Å²) in [7, 11) is 0. The van der Waals surface area contributed by atoms with Gasteiger partial charge < -0.3 is 4.42 Å². The second-order valence-corrected chi connectivity index (χ2v) is 9.13. The standard InChI is InChI=1S/C22H24O4/c1-11(23)13-4-5-14-17-15(6-8-21(13,14)2)22(3)9-7-16(24)12-10-26-20(18(12)22)19(17)25/h10,13-14H,4-9H2,1-3H3/t13-,14+,21-,22-/m1/s1. The molecule has 0 aromatic carbocycles. The molecule has 0 bridgehead atoms. The minimum atomic E-state index is -0.273. The molecule has 4 nitrogen and oxygen atoms in total. The summed E-state index contributed by atoms with van der Waals surface area (Å²) in [6.07, 6.45) is 6.29. The lowest BCUT2D eigenvalue weighted by molar-refractivity contribution is -0.124. The van der Waals surface area contributed by atoms with Crippen molar-refractivity contribution in [1.82, 2.24) is 0 Å². The summed E-state index contributed by atoms with van der Waals surface area (Å²) in [6, 6.07) is 0. The van der Waals surface area contributed by atoms with Crippen LogP contribution in [0, 0.1) is 17.3 Å². The minimum Gasteiger partial charge on any atom is -0.460 e. The molecule has 0 amide bonds. The van der Waals surface area contributed by atoms with E-state index < -0.39 is 0 Å². The van der Waals surface area contributed by atoms with Crippen LogP contribution >= 0.6 is 0 Å². The van der Waals surface area contributed by atoms with Crippen molar-refractivity contribution in [3.8, 4) is 0 Å². The van der Waals surface area contributed by atoms with Gasteiger partial charge in [-0.1, -0.05) is 19.4 Å². The number of carbonyl (C=O) groups is 3. The maximum atomic E-state index is 13.4. The molecule has 1 heterocycles. The SMILES string of the molecule is CC(=O)[C@H]1CC[C@H]2C3=C(CC[C@]12C)[C@@]1(C)CCC(=O)c2coc(c21)C3=O. The number of allylic oxidation sites excluding steroid dienone is 2. The lowest BCUT2D eigenvalue weighted by Gasteiger charge is -2.49. The molecular weight excluding hydrogens is 328 g/mol. The minimum absolute atomic E-state index is 0.0337. The number of fused-ring (bicyclic) bond motifs is 3. The topological polar surface area (TPSA) is 64.3 Å². The fraction of sp³-hybridized carbons (Fsp3) is 0.591. The summed E-state index contributed by atoms with van der Waals surface area (Å²) in [5.74, 6) is 0.853. The Morgan fingerprint density at radius 1 is 1.15 bits per heavy atom. The van der Waals surface area contributed by atoms with Gasteiger partial charge in [0.2, 0.25) is 5.78 Å². The summed E-state index contributed by atoms with van der Waals surface area (Å²) in [5.41, 5.74) is 3.17. The normalized spacial score (nSPS) is 38.1. The van der Waals surface area contributed by atoms with E-state index in [1.54, 1.807) is 6.92 Å². The first kappa shape index (κ1) is 16.2. The first-order valence-electron chi connectivity index (χ1n) is 9.73. The number of rotatable bonds is 1. The molecular formula is C22H24O4. The Morgan fingerprint density at radius 2 is 1.92 bits per heavy atom. The first-order valence-corrected chi connectivity index (χ1v) is 9.73. The molecule has 26 heavy (non-hydrogen) atoms. The third-order valence-corrected chi connectivity index (χ3v) is 8.03. The summed E-state index contributed by atoms with van der Waals surface area (Å²) in [6.45, 7) is 6.07. The molecule has 5 rings (SSSR count). The van der Waals surface area contributed by atoms with Gasteiger partial charge in [-0.3, -0.25) is 14.4 Å². The highest BCUT2D eigenvalue weighted by Crippen LogP contribution is 2.63. The van der Waals surface area contributed by atoms with E-state index in [0.29, 0.717) is 17.7 Å². The zero-order valence-corrected chi connectivity index (χ0v) is 15.6. The zero-order valence-electron chi connectivity index (χ0n) is 15.6. The molecule has 0 spiro atoms. The van der Waals surface area contributed by atoms with E-state index in [0.717, 1.165) is 43.2 Å².